The Morgan fingerprint density at radius 1 is 0.941 bits per heavy atom. The van der Waals surface area contributed by atoms with Gasteiger partial charge < -0.3 is 19.7 Å². The van der Waals surface area contributed by atoms with Crippen LogP contribution in [-0.4, -0.2) is 53.5 Å². The van der Waals surface area contributed by atoms with Crippen molar-refractivity contribution < 1.29 is 9.59 Å². The van der Waals surface area contributed by atoms with Crippen molar-refractivity contribution in [3.05, 3.63) is 88.1 Å². The lowest BCUT2D eigenvalue weighted by Crippen LogP contribution is -2.49. The SMILES string of the molecule is CN(C)c1ccc(C(=O)N2C[C@@H]3C[C@H](C2)c2ccc(NC(=O)c4ccncc4)c(=O)n2C3)cc1. The van der Waals surface area contributed by atoms with Gasteiger partial charge in [0.2, 0.25) is 0 Å². The van der Waals surface area contributed by atoms with Crippen LogP contribution in [0.3, 0.4) is 0 Å². The van der Waals surface area contributed by atoms with E-state index in [9.17, 15) is 14.4 Å². The van der Waals surface area contributed by atoms with Crippen LogP contribution in [0, 0.1) is 5.92 Å². The minimum absolute atomic E-state index is 0.0250. The van der Waals surface area contributed by atoms with Gasteiger partial charge in [-0.15, -0.1) is 0 Å². The molecule has 2 aliphatic rings. The van der Waals surface area contributed by atoms with Crippen LogP contribution in [0.5, 0.6) is 0 Å². The van der Waals surface area contributed by atoms with Gasteiger partial charge >= 0.3 is 0 Å². The van der Waals surface area contributed by atoms with Gasteiger partial charge in [0.15, 0.2) is 0 Å². The maximum absolute atomic E-state index is 13.2. The van der Waals surface area contributed by atoms with E-state index in [4.69, 9.17) is 0 Å². The number of rotatable bonds is 4. The summed E-state index contributed by atoms with van der Waals surface area (Å²) in [5.41, 5.74) is 3.16. The van der Waals surface area contributed by atoms with E-state index in [1.807, 2.05) is 54.2 Å². The number of fused-ring (bicyclic) bond motifs is 4. The molecule has 5 rings (SSSR count). The van der Waals surface area contributed by atoms with Gasteiger partial charge in [-0.05, 0) is 60.9 Å². The highest BCUT2D eigenvalue weighted by Crippen LogP contribution is 2.36. The molecule has 0 radical (unpaired) electrons. The fourth-order valence-electron chi connectivity index (χ4n) is 4.99. The van der Waals surface area contributed by atoms with Gasteiger partial charge in [0.1, 0.15) is 5.69 Å². The van der Waals surface area contributed by atoms with Crippen molar-refractivity contribution in [1.82, 2.24) is 14.5 Å². The number of carbonyl (C=O) groups is 2. The zero-order chi connectivity index (χ0) is 23.8. The molecule has 1 aromatic carbocycles. The predicted molar refractivity (Wildman–Crippen MR) is 130 cm³/mol. The van der Waals surface area contributed by atoms with Gasteiger partial charge in [-0.1, -0.05) is 0 Å². The van der Waals surface area contributed by atoms with Gasteiger partial charge in [0.25, 0.3) is 17.4 Å². The molecule has 1 saturated heterocycles. The first kappa shape index (κ1) is 21.9. The standard InChI is InChI=1S/C26H27N5O3/c1-29(2)21-5-3-19(4-6-21)25(33)30-14-17-13-20(16-30)23-8-7-22(26(34)31(23)15-17)28-24(32)18-9-11-27-12-10-18/h3-12,17,20H,13-16H2,1-2H3,(H,28,32)/t17-,20+/m0/s1. The van der Waals surface area contributed by atoms with Crippen LogP contribution in [0.15, 0.2) is 65.7 Å². The molecule has 1 N–H and O–H groups in total. The number of likely N-dealkylation sites (tertiary alicyclic amines) is 1. The van der Waals surface area contributed by atoms with Crippen molar-refractivity contribution in [3.8, 4) is 0 Å². The molecule has 2 atom stereocenters. The molecule has 0 unspecified atom stereocenters. The zero-order valence-corrected chi connectivity index (χ0v) is 19.3. The number of anilines is 2. The lowest BCUT2D eigenvalue weighted by Gasteiger charge is -2.43. The van der Waals surface area contributed by atoms with Crippen molar-refractivity contribution >= 4 is 23.2 Å². The molecule has 2 bridgehead atoms. The van der Waals surface area contributed by atoms with E-state index in [1.54, 1.807) is 35.2 Å². The molecule has 2 aromatic heterocycles. The molecule has 3 aromatic rings. The summed E-state index contributed by atoms with van der Waals surface area (Å²) >= 11 is 0. The van der Waals surface area contributed by atoms with E-state index in [0.717, 1.165) is 17.8 Å². The number of amides is 2. The highest BCUT2D eigenvalue weighted by atomic mass is 16.2. The number of pyridine rings is 2. The summed E-state index contributed by atoms with van der Waals surface area (Å²) in [6.07, 6.45) is 4.03. The van der Waals surface area contributed by atoms with E-state index in [2.05, 4.69) is 10.3 Å². The third kappa shape index (κ3) is 4.07. The monoisotopic (exact) mass is 457 g/mol. The van der Waals surface area contributed by atoms with Gasteiger partial charge in [0, 0.05) is 74.5 Å². The Morgan fingerprint density at radius 3 is 2.38 bits per heavy atom. The number of carbonyl (C=O) groups excluding carboxylic acids is 2. The number of piperidine rings is 1. The number of hydrogen-bond donors (Lipinski definition) is 1. The number of nitrogens with zero attached hydrogens (tertiary/aromatic N) is 4. The molecule has 0 spiro atoms. The summed E-state index contributed by atoms with van der Waals surface area (Å²) in [6, 6.07) is 14.4. The van der Waals surface area contributed by atoms with E-state index in [0.29, 0.717) is 30.8 Å². The van der Waals surface area contributed by atoms with Gasteiger partial charge in [-0.3, -0.25) is 19.4 Å². The summed E-state index contributed by atoms with van der Waals surface area (Å²) in [4.78, 5) is 46.7. The first-order valence-corrected chi connectivity index (χ1v) is 11.4. The average Bonchev–Trinajstić information content (AvgIpc) is 2.86. The molecule has 2 amide bonds. The third-order valence-corrected chi connectivity index (χ3v) is 6.71. The Bertz CT molecular complexity index is 1280. The van der Waals surface area contributed by atoms with Crippen LogP contribution in [0.1, 0.15) is 38.7 Å². The van der Waals surface area contributed by atoms with E-state index < -0.39 is 0 Å². The van der Waals surface area contributed by atoms with E-state index in [1.165, 1.54) is 0 Å². The smallest absolute Gasteiger partial charge is 0.274 e. The van der Waals surface area contributed by atoms with Crippen LogP contribution in [0.2, 0.25) is 0 Å². The van der Waals surface area contributed by atoms with Crippen LogP contribution >= 0.6 is 0 Å². The fraction of sp³-hybridized carbons (Fsp3) is 0.308. The van der Waals surface area contributed by atoms with E-state index >= 15 is 0 Å². The molecular formula is C26H27N5O3. The normalized spacial score (nSPS) is 18.7. The maximum atomic E-state index is 13.2. The van der Waals surface area contributed by atoms with E-state index in [-0.39, 0.29) is 34.9 Å². The Morgan fingerprint density at radius 2 is 1.68 bits per heavy atom. The maximum Gasteiger partial charge on any atom is 0.274 e. The molecule has 8 nitrogen and oxygen atoms in total. The second kappa shape index (κ2) is 8.78. The summed E-state index contributed by atoms with van der Waals surface area (Å²) in [6.45, 7) is 1.73. The van der Waals surface area contributed by atoms with Gasteiger partial charge in [-0.25, -0.2) is 0 Å². The minimum Gasteiger partial charge on any atom is -0.378 e. The topological polar surface area (TPSA) is 87.5 Å². The third-order valence-electron chi connectivity index (χ3n) is 6.71. The Balaban J connectivity index is 1.35. The fourth-order valence-corrected chi connectivity index (χ4v) is 4.99. The second-order valence-corrected chi connectivity index (χ2v) is 9.23. The Kier molecular flexibility index (Phi) is 5.65. The Labute approximate surface area is 197 Å². The second-order valence-electron chi connectivity index (χ2n) is 9.23. The molecule has 174 valence electrons. The number of benzene rings is 1. The molecule has 0 aliphatic carbocycles. The lowest BCUT2D eigenvalue weighted by molar-refractivity contribution is 0.0594. The molecule has 34 heavy (non-hydrogen) atoms. The zero-order valence-electron chi connectivity index (χ0n) is 19.3. The quantitative estimate of drug-likeness (QED) is 0.651. The van der Waals surface area contributed by atoms with Crippen molar-refractivity contribution in [3.63, 3.8) is 0 Å². The summed E-state index contributed by atoms with van der Waals surface area (Å²) < 4.78 is 1.77. The minimum atomic E-state index is -0.340. The first-order chi connectivity index (χ1) is 16.4. The van der Waals surface area contributed by atoms with Crippen LogP contribution in [-0.2, 0) is 6.54 Å². The van der Waals surface area contributed by atoms with Crippen molar-refractivity contribution in [2.24, 2.45) is 5.92 Å². The van der Waals surface area contributed by atoms with Crippen LogP contribution in [0.25, 0.3) is 0 Å². The molecule has 2 aliphatic heterocycles. The van der Waals surface area contributed by atoms with Crippen LogP contribution < -0.4 is 15.8 Å². The highest BCUT2D eigenvalue weighted by Gasteiger charge is 2.37. The van der Waals surface area contributed by atoms with Crippen molar-refractivity contribution in [2.75, 3.05) is 37.4 Å². The molecule has 4 heterocycles. The molecule has 0 saturated carbocycles. The molecule has 1 fully saturated rings. The van der Waals surface area contributed by atoms with Gasteiger partial charge in [0.05, 0.1) is 0 Å². The first-order valence-electron chi connectivity index (χ1n) is 11.4. The molecule has 8 heteroatoms. The predicted octanol–water partition coefficient (Wildman–Crippen LogP) is 2.82. The summed E-state index contributed by atoms with van der Waals surface area (Å²) in [7, 11) is 3.94. The molecular weight excluding hydrogens is 430 g/mol. The largest absolute Gasteiger partial charge is 0.378 e. The Hall–Kier alpha value is -3.94. The number of hydrogen-bond acceptors (Lipinski definition) is 5. The van der Waals surface area contributed by atoms with Crippen molar-refractivity contribution in [1.29, 1.82) is 0 Å². The lowest BCUT2D eigenvalue weighted by atomic mass is 9.83. The average molecular weight is 458 g/mol. The van der Waals surface area contributed by atoms with Crippen LogP contribution in [0.4, 0.5) is 11.4 Å². The van der Waals surface area contributed by atoms with Gasteiger partial charge in [-0.2, -0.15) is 0 Å². The summed E-state index contributed by atoms with van der Waals surface area (Å²) in [5, 5.41) is 2.74. The van der Waals surface area contributed by atoms with Crippen molar-refractivity contribution in [2.45, 2.75) is 18.9 Å². The highest BCUT2D eigenvalue weighted by molar-refractivity contribution is 6.04. The number of nitrogens with one attached hydrogen (secondary N) is 1. The summed E-state index contributed by atoms with van der Waals surface area (Å²) in [5.74, 6) is -0.0274. The number of aromatic nitrogens is 2.